The van der Waals surface area contributed by atoms with Gasteiger partial charge in [0.2, 0.25) is 0 Å². The second-order valence-corrected chi connectivity index (χ2v) is 1.13. The first-order valence-corrected chi connectivity index (χ1v) is 1.85. The van der Waals surface area contributed by atoms with E-state index in [-0.39, 0.29) is 47.2 Å². The summed E-state index contributed by atoms with van der Waals surface area (Å²) < 4.78 is 34.0. The van der Waals surface area contributed by atoms with Gasteiger partial charge in [-0.3, -0.25) is 0 Å². The van der Waals surface area contributed by atoms with Crippen molar-refractivity contribution in [2.75, 3.05) is 0 Å². The van der Waals surface area contributed by atoms with Crippen molar-refractivity contribution in [3.05, 3.63) is 0 Å². The largest absolute Gasteiger partial charge is 3.00 e. The molecular formula is AgCl3O4. The van der Waals surface area contributed by atoms with Gasteiger partial charge in [-0.15, -0.1) is 10.2 Å². The molecule has 0 saturated carbocycles. The Labute approximate surface area is 76.0 Å². The van der Waals surface area contributed by atoms with Crippen LogP contribution in [-0.4, -0.2) is 0 Å². The minimum atomic E-state index is -4.94. The zero-order valence-corrected chi connectivity index (χ0v) is 6.82. The zero-order chi connectivity index (χ0) is 4.50. The van der Waals surface area contributed by atoms with E-state index < -0.39 is 10.2 Å². The van der Waals surface area contributed by atoms with Crippen molar-refractivity contribution in [1.29, 1.82) is 0 Å². The summed E-state index contributed by atoms with van der Waals surface area (Å²) in [7, 11) is -4.94. The van der Waals surface area contributed by atoms with Crippen molar-refractivity contribution in [2.45, 2.75) is 0 Å². The van der Waals surface area contributed by atoms with Crippen LogP contribution in [0, 0.1) is 10.2 Å². The second kappa shape index (κ2) is 8.45. The maximum atomic E-state index is 8.49. The molecule has 0 spiro atoms. The van der Waals surface area contributed by atoms with Gasteiger partial charge in [0.15, 0.2) is 0 Å². The third-order valence-electron chi connectivity index (χ3n) is 0. The van der Waals surface area contributed by atoms with Crippen LogP contribution in [0.5, 0.6) is 0 Å². The van der Waals surface area contributed by atoms with Gasteiger partial charge in [0.1, 0.15) is 0 Å². The van der Waals surface area contributed by atoms with E-state index in [1.807, 2.05) is 0 Å². The fraction of sp³-hybridized carbons (Fsp3) is 0. The molecule has 8 heteroatoms. The summed E-state index contributed by atoms with van der Waals surface area (Å²) in [6.07, 6.45) is 0. The number of hydrogen-bond acceptors (Lipinski definition) is 4. The van der Waals surface area contributed by atoms with Gasteiger partial charge in [0.25, 0.3) is 0 Å². The Hall–Kier alpha value is 1.45. The normalized spacial score (nSPS) is 7.50. The Kier molecular flexibility index (Phi) is 24.0. The fourth-order valence-corrected chi connectivity index (χ4v) is 0. The van der Waals surface area contributed by atoms with Crippen molar-refractivity contribution in [2.24, 2.45) is 0 Å². The molecule has 0 amide bonds. The third kappa shape index (κ3) is 147. The molecule has 0 radical (unpaired) electrons. The van der Waals surface area contributed by atoms with Crippen molar-refractivity contribution in [3.63, 3.8) is 0 Å². The standard InChI is InChI=1S/Ag.ClHO4.2ClH/c;2-1(3,4)5;;/h;(H,2,3,4,5);2*1H/q+3;;;/p-3. The second-order valence-electron chi connectivity index (χ2n) is 0.378. The Bertz CT molecular complexity index is 26.8. The molecule has 0 heterocycles. The van der Waals surface area contributed by atoms with Crippen LogP contribution in [0.25, 0.3) is 0 Å². The van der Waals surface area contributed by atoms with Gasteiger partial charge in [-0.2, -0.15) is 0 Å². The van der Waals surface area contributed by atoms with Crippen LogP contribution in [-0.2, 0) is 22.4 Å². The van der Waals surface area contributed by atoms with E-state index in [1.165, 1.54) is 0 Å². The molecule has 0 aromatic heterocycles. The summed E-state index contributed by atoms with van der Waals surface area (Å²) in [4.78, 5) is 0. The van der Waals surface area contributed by atoms with Crippen molar-refractivity contribution < 1.29 is 76.1 Å². The van der Waals surface area contributed by atoms with Crippen molar-refractivity contribution in [3.8, 4) is 0 Å². The van der Waals surface area contributed by atoms with Crippen molar-refractivity contribution in [1.82, 2.24) is 0 Å². The van der Waals surface area contributed by atoms with Gasteiger partial charge in [-0.05, 0) is 0 Å². The van der Waals surface area contributed by atoms with Crippen LogP contribution < -0.4 is 43.5 Å². The molecule has 0 aromatic rings. The molecule has 0 saturated heterocycles. The zero-order valence-electron chi connectivity index (χ0n) is 3.07. The number of hydrogen-bond donors (Lipinski definition) is 0. The van der Waals surface area contributed by atoms with Gasteiger partial charge in [0.05, 0.1) is 0 Å². The average Bonchev–Trinajstić information content (AvgIpc) is 0.722. The number of halogens is 3. The molecule has 0 aromatic carbocycles. The van der Waals surface area contributed by atoms with E-state index in [0.717, 1.165) is 0 Å². The molecule has 0 fully saturated rings. The fourth-order valence-electron chi connectivity index (χ4n) is 0. The first kappa shape index (κ1) is 22.7. The van der Waals surface area contributed by atoms with E-state index in [2.05, 4.69) is 0 Å². The number of rotatable bonds is 0. The van der Waals surface area contributed by atoms with Crippen LogP contribution >= 0.6 is 0 Å². The Morgan fingerprint density at radius 3 is 0.750 bits per heavy atom. The average molecular weight is 278 g/mol. The van der Waals surface area contributed by atoms with Crippen molar-refractivity contribution >= 4 is 0 Å². The molecule has 0 atom stereocenters. The quantitative estimate of drug-likeness (QED) is 0.411. The molecule has 0 bridgehead atoms. The van der Waals surface area contributed by atoms with Crippen LogP contribution in [0.1, 0.15) is 0 Å². The topological polar surface area (TPSA) is 92.2 Å². The predicted octanol–water partition coefficient (Wildman–Crippen LogP) is -10.8. The molecule has 8 heavy (non-hydrogen) atoms. The van der Waals surface area contributed by atoms with E-state index in [1.54, 1.807) is 0 Å². The van der Waals surface area contributed by atoms with Crippen LogP contribution in [0.4, 0.5) is 0 Å². The van der Waals surface area contributed by atoms with E-state index in [9.17, 15) is 0 Å². The summed E-state index contributed by atoms with van der Waals surface area (Å²) in [6, 6.07) is 0. The van der Waals surface area contributed by atoms with E-state index in [4.69, 9.17) is 18.6 Å². The summed E-state index contributed by atoms with van der Waals surface area (Å²) in [5.74, 6) is 0. The minimum absolute atomic E-state index is 0. The summed E-state index contributed by atoms with van der Waals surface area (Å²) >= 11 is 0. The molecule has 56 valence electrons. The van der Waals surface area contributed by atoms with Gasteiger partial charge in [-0.1, -0.05) is 0 Å². The molecular weight excluding hydrogens is 278 g/mol. The van der Waals surface area contributed by atoms with Crippen LogP contribution in [0.15, 0.2) is 0 Å². The summed E-state index contributed by atoms with van der Waals surface area (Å²) in [5.41, 5.74) is 0. The van der Waals surface area contributed by atoms with Crippen LogP contribution in [0.3, 0.4) is 0 Å². The molecule has 0 aliphatic rings. The predicted molar refractivity (Wildman–Crippen MR) is 0 cm³/mol. The van der Waals surface area contributed by atoms with Gasteiger partial charge >= 0.3 is 22.4 Å². The van der Waals surface area contributed by atoms with E-state index >= 15 is 0 Å². The van der Waals surface area contributed by atoms with Gasteiger partial charge in [-0.25, -0.2) is 18.6 Å². The Morgan fingerprint density at radius 1 is 0.750 bits per heavy atom. The maximum absolute atomic E-state index is 8.49. The SMILES string of the molecule is [Ag+3].[Cl-].[Cl-].[O-][Cl+3]([O-])([O-])[O-]. The molecule has 0 aliphatic heterocycles. The molecule has 4 nitrogen and oxygen atoms in total. The third-order valence-corrected chi connectivity index (χ3v) is 0. The van der Waals surface area contributed by atoms with Gasteiger partial charge < -0.3 is 24.8 Å². The monoisotopic (exact) mass is 276 g/mol. The Balaban J connectivity index is -0.0000000267. The molecule has 0 N–H and O–H groups in total. The minimum Gasteiger partial charge on any atom is -1.00 e. The first-order valence-electron chi connectivity index (χ1n) is 0.617. The summed E-state index contributed by atoms with van der Waals surface area (Å²) in [5, 5.41) is 0. The maximum Gasteiger partial charge on any atom is 3.00 e. The molecule has 0 aliphatic carbocycles. The first-order chi connectivity index (χ1) is 2.00. The molecule has 0 unspecified atom stereocenters. The smallest absolute Gasteiger partial charge is 1.00 e. The molecule has 0 rings (SSSR count). The van der Waals surface area contributed by atoms with Gasteiger partial charge in [0, 0.05) is 0 Å². The Morgan fingerprint density at radius 2 is 0.750 bits per heavy atom. The summed E-state index contributed by atoms with van der Waals surface area (Å²) in [6.45, 7) is 0. The van der Waals surface area contributed by atoms with Crippen LogP contribution in [0.2, 0.25) is 0 Å². The van der Waals surface area contributed by atoms with E-state index in [0.29, 0.717) is 0 Å².